The van der Waals surface area contributed by atoms with E-state index in [2.05, 4.69) is 34.5 Å². The molecule has 0 aromatic heterocycles. The molecule has 5 heteroatoms. The molecule has 1 aromatic carbocycles. The second-order valence-corrected chi connectivity index (χ2v) is 10.4. The number of rotatable bonds is 7. The lowest BCUT2D eigenvalue weighted by atomic mass is 9.80. The fraction of sp³-hybridized carbons (Fsp3) is 0.600. The summed E-state index contributed by atoms with van der Waals surface area (Å²) in [4.78, 5) is 3.91. The van der Waals surface area contributed by atoms with Gasteiger partial charge in [-0.05, 0) is 113 Å². The van der Waals surface area contributed by atoms with Crippen LogP contribution in [-0.4, -0.2) is 37.1 Å². The molecule has 0 bridgehead atoms. The van der Waals surface area contributed by atoms with Crippen LogP contribution < -0.4 is 16.8 Å². The molecule has 3 fully saturated rings. The number of hydrogen-bond acceptors (Lipinski definition) is 5. The highest BCUT2D eigenvalue weighted by Crippen LogP contribution is 2.37. The van der Waals surface area contributed by atoms with Gasteiger partial charge in [-0.3, -0.25) is 0 Å². The van der Waals surface area contributed by atoms with Crippen LogP contribution in [-0.2, 0) is 0 Å². The molecule has 30 heavy (non-hydrogen) atoms. The number of nitrogens with two attached hydrogens (primary N) is 2. The summed E-state index contributed by atoms with van der Waals surface area (Å²) in [5.41, 5.74) is 15.0. The molecule has 2 heterocycles. The fourth-order valence-corrected chi connectivity index (χ4v) is 5.68. The molecule has 0 atom stereocenters. The Bertz CT molecular complexity index is 724. The van der Waals surface area contributed by atoms with E-state index in [0.29, 0.717) is 5.92 Å². The van der Waals surface area contributed by atoms with E-state index in [9.17, 15) is 0 Å². The molecular formula is C25H38N4S. The number of thioether (sulfide) groups is 1. The zero-order chi connectivity index (χ0) is 20.8. The van der Waals surface area contributed by atoms with E-state index in [1.807, 2.05) is 12.2 Å². The smallest absolute Gasteiger partial charge is 0.0704 e. The average molecular weight is 427 g/mol. The highest BCUT2D eigenvalue weighted by molar-refractivity contribution is 8.03. The molecule has 0 amide bonds. The summed E-state index contributed by atoms with van der Waals surface area (Å²) in [6, 6.07) is 9.71. The third-order valence-electron chi connectivity index (χ3n) is 7.15. The van der Waals surface area contributed by atoms with E-state index >= 15 is 0 Å². The van der Waals surface area contributed by atoms with Crippen molar-refractivity contribution < 1.29 is 0 Å². The lowest BCUT2D eigenvalue weighted by molar-refractivity contribution is 0.111. The van der Waals surface area contributed by atoms with E-state index in [1.54, 1.807) is 11.8 Å². The van der Waals surface area contributed by atoms with Crippen LogP contribution in [0.2, 0.25) is 0 Å². The summed E-state index contributed by atoms with van der Waals surface area (Å²) >= 11 is 1.62. The Morgan fingerprint density at radius 2 is 1.67 bits per heavy atom. The van der Waals surface area contributed by atoms with Gasteiger partial charge >= 0.3 is 0 Å². The van der Waals surface area contributed by atoms with Gasteiger partial charge in [0.1, 0.15) is 0 Å². The van der Waals surface area contributed by atoms with Crippen molar-refractivity contribution in [1.29, 1.82) is 0 Å². The van der Waals surface area contributed by atoms with Crippen LogP contribution in [0, 0.1) is 5.92 Å². The van der Waals surface area contributed by atoms with Crippen molar-refractivity contribution in [2.75, 3.05) is 26.2 Å². The van der Waals surface area contributed by atoms with Crippen molar-refractivity contribution in [2.24, 2.45) is 17.4 Å². The molecule has 0 radical (unpaired) electrons. The molecule has 4 nitrogen and oxygen atoms in total. The van der Waals surface area contributed by atoms with E-state index in [1.165, 1.54) is 81.6 Å². The normalized spacial score (nSPS) is 23.5. The largest absolute Gasteiger partial charge is 0.402 e. The monoisotopic (exact) mass is 426 g/mol. The number of nitrogens with zero attached hydrogens (tertiary/aromatic N) is 1. The van der Waals surface area contributed by atoms with E-state index < -0.39 is 0 Å². The van der Waals surface area contributed by atoms with Gasteiger partial charge in [0.25, 0.3) is 0 Å². The summed E-state index contributed by atoms with van der Waals surface area (Å²) in [5.74, 6) is 1.49. The SMILES string of the molecule is N/C(=C\C=C(/N)Sc1ccc(C2CCC2)cc1)CC1CCN(C2CCNCC2)CC1. The summed E-state index contributed by atoms with van der Waals surface area (Å²) < 4.78 is 0. The molecule has 1 aliphatic carbocycles. The van der Waals surface area contributed by atoms with Crippen LogP contribution in [0.5, 0.6) is 0 Å². The molecule has 4 rings (SSSR count). The molecule has 1 saturated carbocycles. The predicted molar refractivity (Wildman–Crippen MR) is 128 cm³/mol. The molecule has 0 unspecified atom stereocenters. The summed E-state index contributed by atoms with van der Waals surface area (Å²) in [6.07, 6.45) is 14.2. The fourth-order valence-electron chi connectivity index (χ4n) is 5.00. The zero-order valence-electron chi connectivity index (χ0n) is 18.2. The Morgan fingerprint density at radius 1 is 0.967 bits per heavy atom. The lowest BCUT2D eigenvalue weighted by Gasteiger charge is -2.39. The van der Waals surface area contributed by atoms with Gasteiger partial charge in [-0.1, -0.05) is 30.3 Å². The van der Waals surface area contributed by atoms with Gasteiger partial charge in [0.05, 0.1) is 5.03 Å². The number of likely N-dealkylation sites (tertiary alicyclic amines) is 1. The van der Waals surface area contributed by atoms with E-state index in [0.717, 1.165) is 29.1 Å². The Kier molecular flexibility index (Phi) is 7.80. The van der Waals surface area contributed by atoms with Crippen LogP contribution in [0.15, 0.2) is 52.0 Å². The van der Waals surface area contributed by atoms with Crippen LogP contribution in [0.1, 0.15) is 62.8 Å². The Balaban J connectivity index is 1.20. The van der Waals surface area contributed by atoms with Crippen molar-refractivity contribution in [3.8, 4) is 0 Å². The van der Waals surface area contributed by atoms with Gasteiger partial charge in [-0.25, -0.2) is 0 Å². The molecule has 0 spiro atoms. The Morgan fingerprint density at radius 3 is 2.30 bits per heavy atom. The Labute approximate surface area is 186 Å². The number of allylic oxidation sites excluding steroid dienone is 3. The summed E-state index contributed by atoms with van der Waals surface area (Å²) in [5, 5.41) is 4.27. The molecule has 2 aliphatic heterocycles. The second-order valence-electron chi connectivity index (χ2n) is 9.27. The number of nitrogens with one attached hydrogen (secondary N) is 1. The van der Waals surface area contributed by atoms with Crippen LogP contribution in [0.4, 0.5) is 0 Å². The molecule has 5 N–H and O–H groups in total. The molecule has 2 saturated heterocycles. The van der Waals surface area contributed by atoms with Gasteiger partial charge in [-0.15, -0.1) is 0 Å². The lowest BCUT2D eigenvalue weighted by Crippen LogP contribution is -2.46. The van der Waals surface area contributed by atoms with Crippen LogP contribution in [0.25, 0.3) is 0 Å². The van der Waals surface area contributed by atoms with Gasteiger partial charge in [0.2, 0.25) is 0 Å². The van der Waals surface area contributed by atoms with Crippen molar-refractivity contribution in [3.05, 3.63) is 52.7 Å². The summed E-state index contributed by atoms with van der Waals surface area (Å²) in [7, 11) is 0. The van der Waals surface area contributed by atoms with Crippen molar-refractivity contribution in [1.82, 2.24) is 10.2 Å². The minimum Gasteiger partial charge on any atom is -0.402 e. The van der Waals surface area contributed by atoms with Gasteiger partial charge < -0.3 is 21.7 Å². The number of hydrogen-bond donors (Lipinski definition) is 3. The van der Waals surface area contributed by atoms with Gasteiger partial charge in [0.15, 0.2) is 0 Å². The van der Waals surface area contributed by atoms with Crippen LogP contribution in [0.3, 0.4) is 0 Å². The third-order valence-corrected chi connectivity index (χ3v) is 8.03. The first kappa shape index (κ1) is 21.8. The van der Waals surface area contributed by atoms with Crippen molar-refractivity contribution in [3.63, 3.8) is 0 Å². The first-order valence-electron chi connectivity index (χ1n) is 11.8. The predicted octanol–water partition coefficient (Wildman–Crippen LogP) is 4.54. The van der Waals surface area contributed by atoms with Gasteiger partial charge in [0, 0.05) is 16.6 Å². The topological polar surface area (TPSA) is 67.3 Å². The van der Waals surface area contributed by atoms with E-state index in [-0.39, 0.29) is 0 Å². The maximum atomic E-state index is 6.33. The highest BCUT2D eigenvalue weighted by Gasteiger charge is 2.26. The number of piperidine rings is 2. The van der Waals surface area contributed by atoms with Crippen molar-refractivity contribution in [2.45, 2.75) is 68.2 Å². The molecule has 164 valence electrons. The van der Waals surface area contributed by atoms with Crippen LogP contribution >= 0.6 is 11.8 Å². The first-order valence-corrected chi connectivity index (χ1v) is 12.6. The maximum absolute atomic E-state index is 6.33. The van der Waals surface area contributed by atoms with Crippen molar-refractivity contribution >= 4 is 11.8 Å². The average Bonchev–Trinajstić information content (AvgIpc) is 2.74. The number of benzene rings is 1. The molecule has 1 aromatic rings. The zero-order valence-corrected chi connectivity index (χ0v) is 19.0. The second kappa shape index (κ2) is 10.7. The minimum absolute atomic E-state index is 0.709. The van der Waals surface area contributed by atoms with Gasteiger partial charge in [-0.2, -0.15) is 0 Å². The third kappa shape index (κ3) is 6.05. The van der Waals surface area contributed by atoms with E-state index in [4.69, 9.17) is 11.5 Å². The maximum Gasteiger partial charge on any atom is 0.0704 e. The molecule has 3 aliphatic rings. The molecular weight excluding hydrogens is 388 g/mol. The minimum atomic E-state index is 0.709. The Hall–Kier alpha value is -1.43. The standard InChI is InChI=1S/C25H38N4S/c26-22(18-19-12-16-29(17-13-19)23-10-14-28-15-11-23)6-9-25(27)30-24-7-4-21(5-8-24)20-2-1-3-20/h4-9,19-20,23,28H,1-3,10-18,26-27H2/b22-6-,25-9+. The highest BCUT2D eigenvalue weighted by atomic mass is 32.2. The first-order chi connectivity index (χ1) is 14.7. The quantitative estimate of drug-likeness (QED) is 0.441. The summed E-state index contributed by atoms with van der Waals surface area (Å²) in [6.45, 7) is 4.81.